The van der Waals surface area contributed by atoms with Crippen LogP contribution in [0.15, 0.2) is 12.1 Å². The van der Waals surface area contributed by atoms with E-state index in [4.69, 9.17) is 4.74 Å². The molecule has 0 saturated carbocycles. The summed E-state index contributed by atoms with van der Waals surface area (Å²) < 4.78 is 5.73. The maximum absolute atomic E-state index is 5.73. The summed E-state index contributed by atoms with van der Waals surface area (Å²) in [5, 5.41) is 3.46. The van der Waals surface area contributed by atoms with Crippen LogP contribution in [0.1, 0.15) is 75.0 Å². The Morgan fingerprint density at radius 1 is 1.00 bits per heavy atom. The third kappa shape index (κ3) is 3.17. The average Bonchev–Trinajstić information content (AvgIpc) is 2.46. The van der Waals surface area contributed by atoms with E-state index in [0.717, 1.165) is 18.8 Å². The average molecular weight is 275 g/mol. The summed E-state index contributed by atoms with van der Waals surface area (Å²) in [6, 6.07) is 4.79. The standard InChI is InChI=1S/C18H29NO/c1-12(2)16-10-15(14-6-8-19-9-7-14)11-17(13(3)4)18(16)20-5/h10-14,19H,6-9H2,1-5H3. The minimum atomic E-state index is 0.504. The zero-order valence-electron chi connectivity index (χ0n) is 13.6. The summed E-state index contributed by atoms with van der Waals surface area (Å²) in [5.41, 5.74) is 4.25. The molecule has 2 heteroatoms. The Kier molecular flexibility index (Phi) is 5.09. The molecule has 1 aromatic rings. The van der Waals surface area contributed by atoms with Crippen molar-refractivity contribution in [2.45, 2.75) is 58.3 Å². The quantitative estimate of drug-likeness (QED) is 0.879. The Bertz CT molecular complexity index is 416. The molecule has 0 aliphatic carbocycles. The summed E-state index contributed by atoms with van der Waals surface area (Å²) in [7, 11) is 1.80. The lowest BCUT2D eigenvalue weighted by Crippen LogP contribution is -2.26. The largest absolute Gasteiger partial charge is 0.496 e. The van der Waals surface area contributed by atoms with E-state index in [9.17, 15) is 0 Å². The second-order valence-electron chi connectivity index (χ2n) is 6.57. The van der Waals surface area contributed by atoms with Crippen molar-refractivity contribution in [1.82, 2.24) is 5.32 Å². The predicted molar refractivity (Wildman–Crippen MR) is 86.0 cm³/mol. The second-order valence-corrected chi connectivity index (χ2v) is 6.57. The first-order valence-corrected chi connectivity index (χ1v) is 7.97. The molecule has 20 heavy (non-hydrogen) atoms. The smallest absolute Gasteiger partial charge is 0.125 e. The zero-order valence-corrected chi connectivity index (χ0v) is 13.6. The third-order valence-corrected chi connectivity index (χ3v) is 4.43. The van der Waals surface area contributed by atoms with Crippen LogP contribution in [0, 0.1) is 0 Å². The molecule has 1 saturated heterocycles. The van der Waals surface area contributed by atoms with Crippen LogP contribution in [-0.2, 0) is 0 Å². The molecule has 2 nitrogen and oxygen atoms in total. The van der Waals surface area contributed by atoms with Crippen molar-refractivity contribution in [1.29, 1.82) is 0 Å². The number of hydrogen-bond acceptors (Lipinski definition) is 2. The van der Waals surface area contributed by atoms with Gasteiger partial charge >= 0.3 is 0 Å². The summed E-state index contributed by atoms with van der Waals surface area (Å²) in [6.45, 7) is 11.3. The second kappa shape index (κ2) is 6.62. The van der Waals surface area contributed by atoms with Crippen LogP contribution >= 0.6 is 0 Å². The van der Waals surface area contributed by atoms with Crippen molar-refractivity contribution < 1.29 is 4.74 Å². The molecule has 0 aromatic heterocycles. The van der Waals surface area contributed by atoms with Crippen molar-refractivity contribution in [3.05, 3.63) is 28.8 Å². The number of rotatable bonds is 4. The first-order valence-electron chi connectivity index (χ1n) is 7.97. The summed E-state index contributed by atoms with van der Waals surface area (Å²) in [6.07, 6.45) is 2.50. The lowest BCUT2D eigenvalue weighted by molar-refractivity contribution is 0.398. The summed E-state index contributed by atoms with van der Waals surface area (Å²) >= 11 is 0. The van der Waals surface area contributed by atoms with E-state index in [2.05, 4.69) is 45.1 Å². The Morgan fingerprint density at radius 2 is 1.50 bits per heavy atom. The van der Waals surface area contributed by atoms with E-state index in [-0.39, 0.29) is 0 Å². The fourth-order valence-corrected chi connectivity index (χ4v) is 3.18. The van der Waals surface area contributed by atoms with E-state index < -0.39 is 0 Å². The van der Waals surface area contributed by atoms with Crippen LogP contribution in [0.5, 0.6) is 5.75 Å². The molecule has 0 amide bonds. The highest BCUT2D eigenvalue weighted by Crippen LogP contribution is 2.39. The Hall–Kier alpha value is -1.02. The molecular weight excluding hydrogens is 246 g/mol. The Morgan fingerprint density at radius 3 is 1.90 bits per heavy atom. The number of methoxy groups -OCH3 is 1. The number of ether oxygens (including phenoxy) is 1. The molecule has 0 atom stereocenters. The molecule has 112 valence electrons. The minimum absolute atomic E-state index is 0.504. The van der Waals surface area contributed by atoms with Gasteiger partial charge in [0.1, 0.15) is 5.75 Å². The van der Waals surface area contributed by atoms with Crippen molar-refractivity contribution in [3.8, 4) is 5.75 Å². The van der Waals surface area contributed by atoms with E-state index in [1.807, 2.05) is 0 Å². The van der Waals surface area contributed by atoms with Gasteiger partial charge < -0.3 is 10.1 Å². The van der Waals surface area contributed by atoms with Gasteiger partial charge in [-0.25, -0.2) is 0 Å². The summed E-state index contributed by atoms with van der Waals surface area (Å²) in [5.74, 6) is 2.82. The molecule has 0 bridgehead atoms. The van der Waals surface area contributed by atoms with Gasteiger partial charge in [0, 0.05) is 0 Å². The highest BCUT2D eigenvalue weighted by molar-refractivity contribution is 5.48. The number of benzene rings is 1. The SMILES string of the molecule is COc1c(C(C)C)cc(C2CCNCC2)cc1C(C)C. The van der Waals surface area contributed by atoms with E-state index in [0.29, 0.717) is 17.8 Å². The molecular formula is C18H29NO. The molecule has 1 N–H and O–H groups in total. The first-order chi connectivity index (χ1) is 9.54. The molecule has 0 radical (unpaired) electrons. The molecule has 0 spiro atoms. The fraction of sp³-hybridized carbons (Fsp3) is 0.667. The minimum Gasteiger partial charge on any atom is -0.496 e. The van der Waals surface area contributed by atoms with Crippen molar-refractivity contribution in [2.75, 3.05) is 20.2 Å². The molecule has 0 unspecified atom stereocenters. The van der Waals surface area contributed by atoms with Gasteiger partial charge in [0.05, 0.1) is 7.11 Å². The van der Waals surface area contributed by atoms with Gasteiger partial charge in [0.15, 0.2) is 0 Å². The molecule has 1 aliphatic rings. The predicted octanol–water partition coefficient (Wildman–Crippen LogP) is 4.41. The van der Waals surface area contributed by atoms with E-state index in [1.165, 1.54) is 29.5 Å². The fourth-order valence-electron chi connectivity index (χ4n) is 3.18. The van der Waals surface area contributed by atoms with Crippen LogP contribution in [0.2, 0.25) is 0 Å². The van der Waals surface area contributed by atoms with Crippen LogP contribution < -0.4 is 10.1 Å². The van der Waals surface area contributed by atoms with Crippen LogP contribution in [0.4, 0.5) is 0 Å². The van der Waals surface area contributed by atoms with Gasteiger partial charge in [-0.1, -0.05) is 39.8 Å². The van der Waals surface area contributed by atoms with Gasteiger partial charge in [-0.3, -0.25) is 0 Å². The number of hydrogen-bond donors (Lipinski definition) is 1. The lowest BCUT2D eigenvalue weighted by Gasteiger charge is -2.27. The third-order valence-electron chi connectivity index (χ3n) is 4.43. The molecule has 1 fully saturated rings. The highest BCUT2D eigenvalue weighted by atomic mass is 16.5. The van der Waals surface area contributed by atoms with Crippen molar-refractivity contribution in [3.63, 3.8) is 0 Å². The van der Waals surface area contributed by atoms with Crippen molar-refractivity contribution >= 4 is 0 Å². The molecule has 1 aliphatic heterocycles. The molecule has 1 heterocycles. The van der Waals surface area contributed by atoms with E-state index >= 15 is 0 Å². The van der Waals surface area contributed by atoms with Gasteiger partial charge in [-0.15, -0.1) is 0 Å². The van der Waals surface area contributed by atoms with Crippen molar-refractivity contribution in [2.24, 2.45) is 0 Å². The monoisotopic (exact) mass is 275 g/mol. The van der Waals surface area contributed by atoms with Crippen LogP contribution in [0.25, 0.3) is 0 Å². The maximum Gasteiger partial charge on any atom is 0.125 e. The highest BCUT2D eigenvalue weighted by Gasteiger charge is 2.21. The topological polar surface area (TPSA) is 21.3 Å². The lowest BCUT2D eigenvalue weighted by atomic mass is 9.84. The zero-order chi connectivity index (χ0) is 14.7. The maximum atomic E-state index is 5.73. The molecule has 2 rings (SSSR count). The van der Waals surface area contributed by atoms with Gasteiger partial charge in [-0.05, 0) is 60.4 Å². The van der Waals surface area contributed by atoms with Crippen LogP contribution in [0.3, 0.4) is 0 Å². The molecule has 1 aromatic carbocycles. The summed E-state index contributed by atoms with van der Waals surface area (Å²) in [4.78, 5) is 0. The van der Waals surface area contributed by atoms with Gasteiger partial charge in [0.2, 0.25) is 0 Å². The normalized spacial score (nSPS) is 16.9. The Balaban J connectivity index is 2.47. The van der Waals surface area contributed by atoms with Gasteiger partial charge in [0.25, 0.3) is 0 Å². The van der Waals surface area contributed by atoms with Crippen LogP contribution in [-0.4, -0.2) is 20.2 Å². The number of nitrogens with one attached hydrogen (secondary N) is 1. The van der Waals surface area contributed by atoms with Gasteiger partial charge in [-0.2, -0.15) is 0 Å². The Labute approximate surface area is 123 Å². The van der Waals surface area contributed by atoms with E-state index in [1.54, 1.807) is 7.11 Å². The first kappa shape index (κ1) is 15.4. The number of piperidine rings is 1.